The van der Waals surface area contributed by atoms with Crippen LogP contribution in [0.5, 0.6) is 5.75 Å². The van der Waals surface area contributed by atoms with E-state index in [9.17, 15) is 41.3 Å². The second-order valence-corrected chi connectivity index (χ2v) is 6.86. The number of carbonyl (C=O) groups is 2. The maximum absolute atomic E-state index is 12.5. The highest BCUT2D eigenvalue weighted by Gasteiger charge is 2.49. The van der Waals surface area contributed by atoms with E-state index in [0.717, 1.165) is 43.5 Å². The molecule has 154 valence electrons. The van der Waals surface area contributed by atoms with Gasteiger partial charge < -0.3 is 8.92 Å². The number of hydrogen-bond acceptors (Lipinski definition) is 8. The van der Waals surface area contributed by atoms with Crippen LogP contribution < -0.4 is 4.18 Å². The first-order valence-electron chi connectivity index (χ1n) is 7.39. The Morgan fingerprint density at radius 3 is 2.07 bits per heavy atom. The van der Waals surface area contributed by atoms with Gasteiger partial charge in [-0.15, -0.1) is 0 Å². The van der Waals surface area contributed by atoms with Gasteiger partial charge in [0.15, 0.2) is 11.5 Å². The van der Waals surface area contributed by atoms with Crippen molar-refractivity contribution in [2.24, 2.45) is 0 Å². The van der Waals surface area contributed by atoms with Crippen LogP contribution in [0.15, 0.2) is 42.5 Å². The number of carbonyl (C=O) groups excluding carboxylic acids is 2. The molecule has 0 aliphatic carbocycles. The molecule has 2 aromatic rings. The average molecular weight is 433 g/mol. The first kappa shape index (κ1) is 21.8. The molecule has 0 aromatic heterocycles. The molecule has 0 radical (unpaired) electrons. The van der Waals surface area contributed by atoms with Crippen LogP contribution in [-0.4, -0.2) is 37.7 Å². The number of alkyl halides is 3. The molecule has 0 saturated carbocycles. The molecule has 0 aliphatic rings. The third kappa shape index (κ3) is 4.68. The Morgan fingerprint density at radius 1 is 1.03 bits per heavy atom. The molecule has 0 unspecified atom stereocenters. The average Bonchev–Trinajstić information content (AvgIpc) is 2.66. The first-order chi connectivity index (χ1) is 13.4. The summed E-state index contributed by atoms with van der Waals surface area (Å²) in [6, 6.07) is 6.79. The number of hydrogen-bond donors (Lipinski definition) is 0. The van der Waals surface area contributed by atoms with Gasteiger partial charge in [0.05, 0.1) is 12.0 Å². The van der Waals surface area contributed by atoms with Crippen molar-refractivity contribution in [2.45, 2.75) is 5.51 Å². The van der Waals surface area contributed by atoms with Crippen LogP contribution in [0.3, 0.4) is 0 Å². The summed E-state index contributed by atoms with van der Waals surface area (Å²) in [6.07, 6.45) is 0. The largest absolute Gasteiger partial charge is 0.534 e. The van der Waals surface area contributed by atoms with Gasteiger partial charge in [0, 0.05) is 23.3 Å². The molecule has 0 aliphatic heterocycles. The van der Waals surface area contributed by atoms with Gasteiger partial charge in [-0.1, -0.05) is 0 Å². The Balaban J connectivity index is 2.46. The SMILES string of the molecule is COC(=O)c1cc(C(=O)c2ccc([N+](=O)[O-])cc2)ccc1OS(=O)(=O)C(F)(F)F. The van der Waals surface area contributed by atoms with E-state index < -0.39 is 43.6 Å². The summed E-state index contributed by atoms with van der Waals surface area (Å²) in [4.78, 5) is 34.3. The molecule has 9 nitrogen and oxygen atoms in total. The number of nitrogens with zero attached hydrogens (tertiary/aromatic N) is 1. The predicted octanol–water partition coefficient (Wildman–Crippen LogP) is 2.84. The summed E-state index contributed by atoms with van der Waals surface area (Å²) >= 11 is 0. The fraction of sp³-hybridized carbons (Fsp3) is 0.125. The quantitative estimate of drug-likeness (QED) is 0.170. The van der Waals surface area contributed by atoms with Gasteiger partial charge in [-0.3, -0.25) is 14.9 Å². The second-order valence-electron chi connectivity index (χ2n) is 5.32. The van der Waals surface area contributed by atoms with E-state index in [1.807, 2.05) is 0 Å². The Kier molecular flexibility index (Phi) is 5.92. The van der Waals surface area contributed by atoms with Crippen molar-refractivity contribution < 1.29 is 45.0 Å². The summed E-state index contributed by atoms with van der Waals surface area (Å²) in [5.74, 6) is -2.99. The predicted molar refractivity (Wildman–Crippen MR) is 89.9 cm³/mol. The van der Waals surface area contributed by atoms with Gasteiger partial charge in [-0.25, -0.2) is 4.79 Å². The number of esters is 1. The molecule has 0 spiro atoms. The lowest BCUT2D eigenvalue weighted by Crippen LogP contribution is -2.28. The molecule has 0 fully saturated rings. The van der Waals surface area contributed by atoms with Crippen LogP contribution in [0.1, 0.15) is 26.3 Å². The van der Waals surface area contributed by atoms with Crippen molar-refractivity contribution in [1.29, 1.82) is 0 Å². The van der Waals surface area contributed by atoms with Crippen molar-refractivity contribution in [3.05, 3.63) is 69.3 Å². The molecular weight excluding hydrogens is 423 g/mol. The van der Waals surface area contributed by atoms with Gasteiger partial charge >= 0.3 is 21.6 Å². The van der Waals surface area contributed by atoms with E-state index >= 15 is 0 Å². The van der Waals surface area contributed by atoms with Crippen molar-refractivity contribution in [2.75, 3.05) is 7.11 Å². The van der Waals surface area contributed by atoms with Crippen LogP contribution in [0.25, 0.3) is 0 Å². The highest BCUT2D eigenvalue weighted by atomic mass is 32.2. The Bertz CT molecular complexity index is 1080. The fourth-order valence-electron chi connectivity index (χ4n) is 2.08. The lowest BCUT2D eigenvalue weighted by molar-refractivity contribution is -0.384. The minimum Gasteiger partial charge on any atom is -0.465 e. The lowest BCUT2D eigenvalue weighted by atomic mass is 10.0. The van der Waals surface area contributed by atoms with E-state index in [0.29, 0.717) is 6.07 Å². The van der Waals surface area contributed by atoms with Crippen LogP contribution in [0.2, 0.25) is 0 Å². The van der Waals surface area contributed by atoms with Crippen molar-refractivity contribution in [3.8, 4) is 5.75 Å². The fourth-order valence-corrected chi connectivity index (χ4v) is 2.56. The highest BCUT2D eigenvalue weighted by molar-refractivity contribution is 7.88. The van der Waals surface area contributed by atoms with E-state index in [1.54, 1.807) is 0 Å². The van der Waals surface area contributed by atoms with Gasteiger partial charge in [0.25, 0.3) is 5.69 Å². The zero-order chi connectivity index (χ0) is 22.0. The summed E-state index contributed by atoms with van der Waals surface area (Å²) in [7, 11) is -5.19. The summed E-state index contributed by atoms with van der Waals surface area (Å²) < 4.78 is 68.3. The van der Waals surface area contributed by atoms with Crippen LogP contribution in [-0.2, 0) is 14.9 Å². The molecule has 0 amide bonds. The standard InChI is InChI=1S/C16H10F3NO8S/c1-27-15(22)12-8-10(4-7-13(12)28-29(25,26)16(17,18)19)14(21)9-2-5-11(6-3-9)20(23)24/h2-8H,1H3. The third-order valence-electron chi connectivity index (χ3n) is 3.47. The molecule has 2 rings (SSSR count). The minimum atomic E-state index is -6.07. The van der Waals surface area contributed by atoms with E-state index in [2.05, 4.69) is 8.92 Å². The number of nitro groups is 1. The van der Waals surface area contributed by atoms with Crippen molar-refractivity contribution >= 4 is 27.6 Å². The highest BCUT2D eigenvalue weighted by Crippen LogP contribution is 2.30. The monoisotopic (exact) mass is 433 g/mol. The van der Waals surface area contributed by atoms with Crippen molar-refractivity contribution in [3.63, 3.8) is 0 Å². The molecule has 0 N–H and O–H groups in total. The molecule has 13 heteroatoms. The third-order valence-corrected chi connectivity index (χ3v) is 4.44. The van der Waals surface area contributed by atoms with Crippen LogP contribution >= 0.6 is 0 Å². The zero-order valence-electron chi connectivity index (χ0n) is 14.3. The lowest BCUT2D eigenvalue weighted by Gasteiger charge is -2.13. The number of ketones is 1. The Labute approximate surface area is 160 Å². The number of ether oxygens (including phenoxy) is 1. The number of non-ortho nitro benzene ring substituents is 1. The molecule has 0 atom stereocenters. The maximum atomic E-state index is 12.5. The Hall–Kier alpha value is -3.48. The summed E-state index contributed by atoms with van der Waals surface area (Å²) in [5.41, 5.74) is -7.02. The van der Waals surface area contributed by atoms with E-state index in [4.69, 9.17) is 0 Å². The molecule has 29 heavy (non-hydrogen) atoms. The van der Waals surface area contributed by atoms with Gasteiger partial charge in [0.2, 0.25) is 0 Å². The number of benzene rings is 2. The summed E-state index contributed by atoms with van der Waals surface area (Å²) in [5, 5.41) is 10.7. The van der Waals surface area contributed by atoms with Gasteiger partial charge in [-0.05, 0) is 30.3 Å². The number of halogens is 3. The number of nitro benzene ring substituents is 1. The topological polar surface area (TPSA) is 130 Å². The molecular formula is C16H10F3NO8S. The maximum Gasteiger partial charge on any atom is 0.534 e. The first-order valence-corrected chi connectivity index (χ1v) is 8.80. The molecule has 0 bridgehead atoms. The second kappa shape index (κ2) is 7.87. The van der Waals surface area contributed by atoms with E-state index in [-0.39, 0.29) is 16.8 Å². The number of methoxy groups -OCH3 is 1. The number of rotatable bonds is 6. The smallest absolute Gasteiger partial charge is 0.465 e. The molecule has 0 saturated heterocycles. The normalized spacial score (nSPS) is 11.6. The van der Waals surface area contributed by atoms with Crippen molar-refractivity contribution in [1.82, 2.24) is 0 Å². The minimum absolute atomic E-state index is 0.0250. The molecule has 0 heterocycles. The van der Waals surface area contributed by atoms with Crippen LogP contribution in [0, 0.1) is 10.1 Å². The van der Waals surface area contributed by atoms with Gasteiger partial charge in [-0.2, -0.15) is 21.6 Å². The zero-order valence-corrected chi connectivity index (χ0v) is 15.1. The van der Waals surface area contributed by atoms with Crippen LogP contribution in [0.4, 0.5) is 18.9 Å². The summed E-state index contributed by atoms with van der Waals surface area (Å²) in [6.45, 7) is 0. The van der Waals surface area contributed by atoms with Gasteiger partial charge in [0.1, 0.15) is 5.56 Å². The Morgan fingerprint density at radius 2 is 1.59 bits per heavy atom. The molecule has 2 aromatic carbocycles. The van der Waals surface area contributed by atoms with E-state index in [1.165, 1.54) is 0 Å².